The first kappa shape index (κ1) is 12.4. The number of likely N-dealkylation sites (tertiary alicyclic amines) is 1. The van der Waals surface area contributed by atoms with Crippen LogP contribution in [0.15, 0.2) is 0 Å². The van der Waals surface area contributed by atoms with Gasteiger partial charge in [0.05, 0.1) is 0 Å². The lowest BCUT2D eigenvalue weighted by Gasteiger charge is -2.24. The summed E-state index contributed by atoms with van der Waals surface area (Å²) in [6, 6.07) is 0. The zero-order valence-electron chi connectivity index (χ0n) is 9.38. The molecule has 0 saturated carbocycles. The number of hydrogen-bond acceptors (Lipinski definition) is 2. The third-order valence-electron chi connectivity index (χ3n) is 3.08. The van der Waals surface area contributed by atoms with Crippen molar-refractivity contribution >= 4 is 12.6 Å². The molecule has 0 bridgehead atoms. The van der Waals surface area contributed by atoms with Crippen LogP contribution in [0.2, 0.25) is 0 Å². The lowest BCUT2D eigenvalue weighted by atomic mass is 10.1. The van der Waals surface area contributed by atoms with Crippen LogP contribution in [-0.2, 0) is 0 Å². The van der Waals surface area contributed by atoms with Crippen molar-refractivity contribution in [1.82, 2.24) is 4.90 Å². The van der Waals surface area contributed by atoms with Gasteiger partial charge >= 0.3 is 0 Å². The van der Waals surface area contributed by atoms with Gasteiger partial charge in [-0.1, -0.05) is 25.7 Å². The van der Waals surface area contributed by atoms with E-state index in [4.69, 9.17) is 0 Å². The van der Waals surface area contributed by atoms with Gasteiger partial charge in [0.25, 0.3) is 0 Å². The Morgan fingerprint density at radius 2 is 1.43 bits per heavy atom. The summed E-state index contributed by atoms with van der Waals surface area (Å²) in [5.41, 5.74) is 0. The van der Waals surface area contributed by atoms with Crippen molar-refractivity contribution in [3.05, 3.63) is 0 Å². The summed E-state index contributed by atoms with van der Waals surface area (Å²) in [7, 11) is 0. The summed E-state index contributed by atoms with van der Waals surface area (Å²) in [6.07, 6.45) is 11.2. The number of thiol groups is 1. The molecular formula is C12H25NS. The van der Waals surface area contributed by atoms with Crippen LogP contribution in [0.25, 0.3) is 0 Å². The van der Waals surface area contributed by atoms with Crippen molar-refractivity contribution < 1.29 is 0 Å². The molecule has 84 valence electrons. The summed E-state index contributed by atoms with van der Waals surface area (Å²) in [5, 5.41) is 0. The number of nitrogens with zero attached hydrogens (tertiary/aromatic N) is 1. The highest BCUT2D eigenvalue weighted by Crippen LogP contribution is 2.11. The second kappa shape index (κ2) is 8.60. The SMILES string of the molecule is SCCCCCN1CCCCCCC1. The van der Waals surface area contributed by atoms with E-state index in [2.05, 4.69) is 17.5 Å². The van der Waals surface area contributed by atoms with Crippen LogP contribution in [-0.4, -0.2) is 30.3 Å². The first-order valence-electron chi connectivity index (χ1n) is 6.26. The van der Waals surface area contributed by atoms with Gasteiger partial charge in [0, 0.05) is 0 Å². The molecule has 2 heteroatoms. The molecule has 0 atom stereocenters. The Bertz CT molecular complexity index is 119. The topological polar surface area (TPSA) is 3.24 Å². The van der Waals surface area contributed by atoms with E-state index in [1.165, 1.54) is 71.0 Å². The molecule has 0 aromatic heterocycles. The van der Waals surface area contributed by atoms with Crippen LogP contribution in [0.5, 0.6) is 0 Å². The van der Waals surface area contributed by atoms with Crippen molar-refractivity contribution in [2.45, 2.75) is 51.4 Å². The van der Waals surface area contributed by atoms with Crippen molar-refractivity contribution in [2.24, 2.45) is 0 Å². The predicted molar refractivity (Wildman–Crippen MR) is 67.2 cm³/mol. The van der Waals surface area contributed by atoms with Crippen LogP contribution in [0, 0.1) is 0 Å². The van der Waals surface area contributed by atoms with Gasteiger partial charge in [-0.25, -0.2) is 0 Å². The minimum atomic E-state index is 1.06. The lowest BCUT2D eigenvalue weighted by Crippen LogP contribution is -2.28. The molecule has 1 heterocycles. The summed E-state index contributed by atoms with van der Waals surface area (Å²) >= 11 is 4.24. The van der Waals surface area contributed by atoms with E-state index in [1.807, 2.05) is 0 Å². The first-order chi connectivity index (χ1) is 6.93. The van der Waals surface area contributed by atoms with E-state index in [1.54, 1.807) is 0 Å². The highest BCUT2D eigenvalue weighted by Gasteiger charge is 2.06. The van der Waals surface area contributed by atoms with Gasteiger partial charge in [-0.05, 0) is 51.1 Å². The Kier molecular flexibility index (Phi) is 7.61. The maximum Gasteiger partial charge on any atom is -0.00187 e. The third-order valence-corrected chi connectivity index (χ3v) is 3.40. The maximum atomic E-state index is 4.24. The molecule has 1 fully saturated rings. The predicted octanol–water partition coefficient (Wildman–Crippen LogP) is 3.35. The molecule has 1 aliphatic rings. The van der Waals surface area contributed by atoms with Crippen LogP contribution in [0.4, 0.5) is 0 Å². The molecule has 1 nitrogen and oxygen atoms in total. The van der Waals surface area contributed by atoms with Crippen LogP contribution in [0.1, 0.15) is 51.4 Å². The molecule has 14 heavy (non-hydrogen) atoms. The first-order valence-corrected chi connectivity index (χ1v) is 6.90. The van der Waals surface area contributed by atoms with Gasteiger partial charge in [-0.3, -0.25) is 0 Å². The van der Waals surface area contributed by atoms with Gasteiger partial charge in [0.2, 0.25) is 0 Å². The normalized spacial score (nSPS) is 20.4. The van der Waals surface area contributed by atoms with Gasteiger partial charge in [0.1, 0.15) is 0 Å². The zero-order chi connectivity index (χ0) is 10.1. The summed E-state index contributed by atoms with van der Waals surface area (Å²) in [5.74, 6) is 1.06. The Morgan fingerprint density at radius 3 is 2.07 bits per heavy atom. The third kappa shape index (κ3) is 5.92. The molecular weight excluding hydrogens is 190 g/mol. The van der Waals surface area contributed by atoms with Crippen molar-refractivity contribution in [3.63, 3.8) is 0 Å². The van der Waals surface area contributed by atoms with Gasteiger partial charge in [-0.2, -0.15) is 12.6 Å². The minimum absolute atomic E-state index is 1.06. The Hall–Kier alpha value is 0.310. The van der Waals surface area contributed by atoms with E-state index in [0.29, 0.717) is 0 Å². The fourth-order valence-electron chi connectivity index (χ4n) is 2.16. The fraction of sp³-hybridized carbons (Fsp3) is 1.00. The van der Waals surface area contributed by atoms with Gasteiger partial charge in [0.15, 0.2) is 0 Å². The molecule has 0 amide bonds. The van der Waals surface area contributed by atoms with Crippen LogP contribution in [0.3, 0.4) is 0 Å². The van der Waals surface area contributed by atoms with E-state index in [9.17, 15) is 0 Å². The average molecular weight is 215 g/mol. The Balaban J connectivity index is 2.02. The largest absolute Gasteiger partial charge is 0.303 e. The molecule has 1 saturated heterocycles. The molecule has 0 N–H and O–H groups in total. The van der Waals surface area contributed by atoms with Crippen molar-refractivity contribution in [1.29, 1.82) is 0 Å². The number of hydrogen-bond donors (Lipinski definition) is 1. The van der Waals surface area contributed by atoms with E-state index in [-0.39, 0.29) is 0 Å². The fourth-order valence-corrected chi connectivity index (χ4v) is 2.38. The lowest BCUT2D eigenvalue weighted by molar-refractivity contribution is 0.243. The van der Waals surface area contributed by atoms with Crippen molar-refractivity contribution in [3.8, 4) is 0 Å². The molecule has 0 radical (unpaired) electrons. The van der Waals surface area contributed by atoms with Gasteiger partial charge < -0.3 is 4.90 Å². The van der Waals surface area contributed by atoms with E-state index < -0.39 is 0 Å². The molecule has 0 unspecified atom stereocenters. The molecule has 0 aromatic rings. The summed E-state index contributed by atoms with van der Waals surface area (Å²) in [4.78, 5) is 2.66. The van der Waals surface area contributed by atoms with Crippen LogP contribution < -0.4 is 0 Å². The monoisotopic (exact) mass is 215 g/mol. The average Bonchev–Trinajstić information content (AvgIpc) is 2.15. The summed E-state index contributed by atoms with van der Waals surface area (Å²) in [6.45, 7) is 4.02. The van der Waals surface area contributed by atoms with E-state index in [0.717, 1.165) is 5.75 Å². The zero-order valence-corrected chi connectivity index (χ0v) is 10.3. The number of unbranched alkanes of at least 4 members (excludes halogenated alkanes) is 2. The molecule has 0 spiro atoms. The molecule has 0 aliphatic carbocycles. The quantitative estimate of drug-likeness (QED) is 0.544. The standard InChI is InChI=1S/C12H25NS/c14-12-8-4-7-11-13-9-5-2-1-3-6-10-13/h14H,1-12H2. The smallest absolute Gasteiger partial charge is 0.00187 e. The maximum absolute atomic E-state index is 4.24. The van der Waals surface area contributed by atoms with Crippen molar-refractivity contribution in [2.75, 3.05) is 25.4 Å². The molecule has 1 aliphatic heterocycles. The summed E-state index contributed by atoms with van der Waals surface area (Å²) < 4.78 is 0. The highest BCUT2D eigenvalue weighted by atomic mass is 32.1. The number of rotatable bonds is 5. The van der Waals surface area contributed by atoms with E-state index >= 15 is 0 Å². The Morgan fingerprint density at radius 1 is 0.786 bits per heavy atom. The second-order valence-electron chi connectivity index (χ2n) is 4.39. The molecule has 1 rings (SSSR count). The van der Waals surface area contributed by atoms with Crippen LogP contribution >= 0.6 is 12.6 Å². The minimum Gasteiger partial charge on any atom is -0.303 e. The Labute approximate surface area is 94.7 Å². The second-order valence-corrected chi connectivity index (χ2v) is 4.84. The van der Waals surface area contributed by atoms with Gasteiger partial charge in [-0.15, -0.1) is 0 Å². The molecule has 0 aromatic carbocycles. The highest BCUT2D eigenvalue weighted by molar-refractivity contribution is 7.80.